The molecule has 2 aromatic heterocycles. The molecule has 0 radical (unpaired) electrons. The van der Waals surface area contributed by atoms with Crippen molar-refractivity contribution in [1.29, 1.82) is 0 Å². The van der Waals surface area contributed by atoms with Crippen molar-refractivity contribution in [2.45, 2.75) is 13.0 Å². The highest BCUT2D eigenvalue weighted by Crippen LogP contribution is 2.27. The van der Waals surface area contributed by atoms with E-state index in [0.29, 0.717) is 0 Å². The lowest BCUT2D eigenvalue weighted by molar-refractivity contribution is 0.524. The van der Waals surface area contributed by atoms with Gasteiger partial charge in [0.05, 0.1) is 12.2 Å². The Morgan fingerprint density at radius 2 is 2.11 bits per heavy atom. The fourth-order valence-electron chi connectivity index (χ4n) is 2.13. The summed E-state index contributed by atoms with van der Waals surface area (Å²) in [6.45, 7) is 2.00. The smallest absolute Gasteiger partial charge is 0.134 e. The standard InChI is InChI=1S/C14H15N3O/c1-9-11(8-16-17(9)2)14(15)13-7-10-5-3-4-6-12(10)18-13/h3-8,14H,15H2,1-2H3. The molecule has 0 bridgehead atoms. The van der Waals surface area contributed by atoms with E-state index in [4.69, 9.17) is 10.2 Å². The van der Waals surface area contributed by atoms with E-state index in [1.165, 1.54) is 0 Å². The highest BCUT2D eigenvalue weighted by atomic mass is 16.3. The molecule has 1 atom stereocenters. The van der Waals surface area contributed by atoms with E-state index in [1.807, 2.05) is 49.0 Å². The molecule has 92 valence electrons. The van der Waals surface area contributed by atoms with Gasteiger partial charge in [0.15, 0.2) is 0 Å². The van der Waals surface area contributed by atoms with Crippen LogP contribution in [0.15, 0.2) is 40.9 Å². The minimum Gasteiger partial charge on any atom is -0.459 e. The maximum Gasteiger partial charge on any atom is 0.134 e. The number of hydrogen-bond donors (Lipinski definition) is 1. The number of nitrogens with zero attached hydrogens (tertiary/aromatic N) is 2. The average Bonchev–Trinajstić information content (AvgIpc) is 2.94. The first-order valence-electron chi connectivity index (χ1n) is 5.89. The van der Waals surface area contributed by atoms with Gasteiger partial charge in [0.2, 0.25) is 0 Å². The number of aryl methyl sites for hydroxylation is 1. The van der Waals surface area contributed by atoms with E-state index >= 15 is 0 Å². The molecule has 0 aliphatic rings. The van der Waals surface area contributed by atoms with Gasteiger partial charge in [-0.05, 0) is 19.1 Å². The minimum atomic E-state index is -0.272. The average molecular weight is 241 g/mol. The molecule has 3 rings (SSSR count). The van der Waals surface area contributed by atoms with Crippen molar-refractivity contribution in [2.24, 2.45) is 12.8 Å². The largest absolute Gasteiger partial charge is 0.459 e. The molecule has 0 amide bonds. The van der Waals surface area contributed by atoms with Crippen molar-refractivity contribution in [1.82, 2.24) is 9.78 Å². The van der Waals surface area contributed by atoms with E-state index < -0.39 is 0 Å². The van der Waals surface area contributed by atoms with E-state index in [-0.39, 0.29) is 6.04 Å². The van der Waals surface area contributed by atoms with Crippen molar-refractivity contribution >= 4 is 11.0 Å². The Balaban J connectivity index is 2.06. The van der Waals surface area contributed by atoms with Crippen molar-refractivity contribution in [3.05, 3.63) is 53.5 Å². The van der Waals surface area contributed by atoms with Crippen LogP contribution in [-0.2, 0) is 7.05 Å². The maximum atomic E-state index is 6.25. The van der Waals surface area contributed by atoms with Gasteiger partial charge in [-0.25, -0.2) is 0 Å². The molecule has 0 fully saturated rings. The maximum absolute atomic E-state index is 6.25. The summed E-state index contributed by atoms with van der Waals surface area (Å²) in [7, 11) is 1.91. The Morgan fingerprint density at radius 3 is 2.78 bits per heavy atom. The summed E-state index contributed by atoms with van der Waals surface area (Å²) in [4.78, 5) is 0. The molecule has 2 heterocycles. The minimum absolute atomic E-state index is 0.272. The van der Waals surface area contributed by atoms with Gasteiger partial charge in [0, 0.05) is 23.7 Å². The van der Waals surface area contributed by atoms with Gasteiger partial charge < -0.3 is 10.2 Å². The van der Waals surface area contributed by atoms with Crippen molar-refractivity contribution in [3.8, 4) is 0 Å². The van der Waals surface area contributed by atoms with E-state index in [0.717, 1.165) is 28.0 Å². The van der Waals surface area contributed by atoms with E-state index in [9.17, 15) is 0 Å². The number of fused-ring (bicyclic) bond motifs is 1. The second kappa shape index (κ2) is 3.99. The van der Waals surface area contributed by atoms with Crippen molar-refractivity contribution in [3.63, 3.8) is 0 Å². The van der Waals surface area contributed by atoms with Crippen LogP contribution in [0.3, 0.4) is 0 Å². The van der Waals surface area contributed by atoms with Gasteiger partial charge in [-0.15, -0.1) is 0 Å². The predicted octanol–water partition coefficient (Wildman–Crippen LogP) is 2.52. The Kier molecular flexibility index (Phi) is 2.45. The van der Waals surface area contributed by atoms with Crippen LogP contribution in [0.1, 0.15) is 23.1 Å². The van der Waals surface area contributed by atoms with Crippen LogP contribution in [0.4, 0.5) is 0 Å². The normalized spacial score (nSPS) is 13.1. The predicted molar refractivity (Wildman–Crippen MR) is 70.2 cm³/mol. The highest BCUT2D eigenvalue weighted by Gasteiger charge is 2.18. The fraction of sp³-hybridized carbons (Fsp3) is 0.214. The number of benzene rings is 1. The fourth-order valence-corrected chi connectivity index (χ4v) is 2.13. The summed E-state index contributed by atoms with van der Waals surface area (Å²) < 4.78 is 7.60. The van der Waals surface area contributed by atoms with Gasteiger partial charge in [-0.2, -0.15) is 5.10 Å². The first kappa shape index (κ1) is 11.0. The van der Waals surface area contributed by atoms with E-state index in [2.05, 4.69) is 5.10 Å². The Hall–Kier alpha value is -2.07. The molecule has 0 saturated heterocycles. The molecule has 3 aromatic rings. The SMILES string of the molecule is Cc1c(C(N)c2cc3ccccc3o2)cnn1C. The number of hydrogen-bond acceptors (Lipinski definition) is 3. The first-order valence-corrected chi connectivity index (χ1v) is 5.89. The lowest BCUT2D eigenvalue weighted by Crippen LogP contribution is -2.11. The van der Waals surface area contributed by atoms with Crippen LogP contribution >= 0.6 is 0 Å². The first-order chi connectivity index (χ1) is 8.66. The zero-order valence-electron chi connectivity index (χ0n) is 10.4. The molecule has 0 spiro atoms. The van der Waals surface area contributed by atoms with Gasteiger partial charge in [0.1, 0.15) is 11.3 Å². The van der Waals surface area contributed by atoms with Gasteiger partial charge in [-0.3, -0.25) is 4.68 Å². The number of para-hydroxylation sites is 1. The van der Waals surface area contributed by atoms with Crippen LogP contribution in [0.5, 0.6) is 0 Å². The summed E-state index contributed by atoms with van der Waals surface area (Å²) >= 11 is 0. The van der Waals surface area contributed by atoms with Crippen LogP contribution in [0, 0.1) is 6.92 Å². The van der Waals surface area contributed by atoms with Gasteiger partial charge in [0.25, 0.3) is 0 Å². The van der Waals surface area contributed by atoms with Crippen LogP contribution in [-0.4, -0.2) is 9.78 Å². The number of furan rings is 1. The summed E-state index contributed by atoms with van der Waals surface area (Å²) in [5.74, 6) is 0.771. The summed E-state index contributed by atoms with van der Waals surface area (Å²) in [6.07, 6.45) is 1.80. The monoisotopic (exact) mass is 241 g/mol. The molecule has 4 heteroatoms. The number of nitrogens with two attached hydrogens (primary N) is 1. The topological polar surface area (TPSA) is 57.0 Å². The zero-order chi connectivity index (χ0) is 12.7. The van der Waals surface area contributed by atoms with Crippen LogP contribution in [0.25, 0.3) is 11.0 Å². The molecule has 4 nitrogen and oxygen atoms in total. The second-order valence-electron chi connectivity index (χ2n) is 4.47. The van der Waals surface area contributed by atoms with Crippen LogP contribution in [0.2, 0.25) is 0 Å². The molecule has 0 saturated carbocycles. The summed E-state index contributed by atoms with van der Waals surface area (Å²) in [6, 6.07) is 9.63. The van der Waals surface area contributed by atoms with Crippen molar-refractivity contribution < 1.29 is 4.42 Å². The quantitative estimate of drug-likeness (QED) is 0.750. The molecule has 18 heavy (non-hydrogen) atoms. The third kappa shape index (κ3) is 1.62. The Morgan fingerprint density at radius 1 is 1.33 bits per heavy atom. The Labute approximate surface area is 105 Å². The van der Waals surface area contributed by atoms with Crippen LogP contribution < -0.4 is 5.73 Å². The number of rotatable bonds is 2. The van der Waals surface area contributed by atoms with Crippen molar-refractivity contribution in [2.75, 3.05) is 0 Å². The molecule has 0 aliphatic carbocycles. The zero-order valence-corrected chi connectivity index (χ0v) is 10.4. The molecular weight excluding hydrogens is 226 g/mol. The lowest BCUT2D eigenvalue weighted by Gasteiger charge is -2.07. The summed E-state index contributed by atoms with van der Waals surface area (Å²) in [5, 5.41) is 5.29. The highest BCUT2D eigenvalue weighted by molar-refractivity contribution is 5.77. The Bertz CT molecular complexity index is 663. The number of aromatic nitrogens is 2. The summed E-state index contributed by atoms with van der Waals surface area (Å²) in [5.41, 5.74) is 9.17. The third-order valence-electron chi connectivity index (χ3n) is 3.36. The molecule has 1 aromatic carbocycles. The molecule has 1 unspecified atom stereocenters. The molecular formula is C14H15N3O. The van der Waals surface area contributed by atoms with Gasteiger partial charge in [-0.1, -0.05) is 18.2 Å². The third-order valence-corrected chi connectivity index (χ3v) is 3.36. The molecule has 2 N–H and O–H groups in total. The molecule has 0 aliphatic heterocycles. The lowest BCUT2D eigenvalue weighted by atomic mass is 10.1. The van der Waals surface area contributed by atoms with E-state index in [1.54, 1.807) is 6.20 Å². The van der Waals surface area contributed by atoms with Gasteiger partial charge >= 0.3 is 0 Å². The second-order valence-corrected chi connectivity index (χ2v) is 4.47.